The number of fused-ring (bicyclic) bond motifs is 1. The summed E-state index contributed by atoms with van der Waals surface area (Å²) in [5.41, 5.74) is 0. The molecule has 1 heteroatoms. The number of piperidine rings is 2. The van der Waals surface area contributed by atoms with Gasteiger partial charge in [-0.3, -0.25) is 0 Å². The van der Waals surface area contributed by atoms with E-state index in [0.29, 0.717) is 0 Å². The Morgan fingerprint density at radius 1 is 1.00 bits per heavy atom. The first-order chi connectivity index (χ1) is 5.73. The molecular weight excluding hydrogens is 146 g/mol. The zero-order valence-electron chi connectivity index (χ0n) is 8.55. The number of nitrogens with zero attached hydrogens (tertiary/aromatic N) is 1. The Kier molecular flexibility index (Phi) is 2.16. The zero-order chi connectivity index (χ0) is 8.60. The van der Waals surface area contributed by atoms with E-state index >= 15 is 0 Å². The molecule has 2 heterocycles. The summed E-state index contributed by atoms with van der Waals surface area (Å²) in [6.45, 7) is 3.91. The Labute approximate surface area is 76.3 Å². The van der Waals surface area contributed by atoms with Crippen LogP contribution in [0.1, 0.15) is 45.4 Å². The molecule has 0 aliphatic carbocycles. The molecular formula is C11H22N+. The van der Waals surface area contributed by atoms with E-state index in [9.17, 15) is 0 Å². The van der Waals surface area contributed by atoms with E-state index in [4.69, 9.17) is 0 Å². The highest BCUT2D eigenvalue weighted by molar-refractivity contribution is 4.73. The number of hydrogen-bond donors (Lipinski definition) is 0. The molecule has 70 valence electrons. The van der Waals surface area contributed by atoms with Crippen molar-refractivity contribution in [2.24, 2.45) is 0 Å². The van der Waals surface area contributed by atoms with Crippen molar-refractivity contribution in [3.8, 4) is 0 Å². The lowest BCUT2D eigenvalue weighted by Gasteiger charge is -2.52. The van der Waals surface area contributed by atoms with Crippen molar-refractivity contribution < 1.29 is 4.48 Å². The highest BCUT2D eigenvalue weighted by Crippen LogP contribution is 2.35. The third-order valence-electron chi connectivity index (χ3n) is 4.43. The van der Waals surface area contributed by atoms with Gasteiger partial charge < -0.3 is 4.48 Å². The summed E-state index contributed by atoms with van der Waals surface area (Å²) < 4.78 is 1.40. The quantitative estimate of drug-likeness (QED) is 0.488. The van der Waals surface area contributed by atoms with Crippen LogP contribution in [-0.4, -0.2) is 30.2 Å². The molecule has 0 saturated carbocycles. The summed E-state index contributed by atoms with van der Waals surface area (Å²) in [6.07, 6.45) is 8.91. The van der Waals surface area contributed by atoms with Crippen LogP contribution in [0.25, 0.3) is 0 Å². The summed E-state index contributed by atoms with van der Waals surface area (Å²) in [4.78, 5) is 0. The maximum Gasteiger partial charge on any atom is 0.0890 e. The van der Waals surface area contributed by atoms with E-state index in [2.05, 4.69) is 14.0 Å². The summed E-state index contributed by atoms with van der Waals surface area (Å²) in [7, 11) is 2.49. The van der Waals surface area contributed by atoms with Gasteiger partial charge in [0.2, 0.25) is 0 Å². The van der Waals surface area contributed by atoms with Gasteiger partial charge in [0, 0.05) is 0 Å². The molecule has 0 amide bonds. The molecule has 2 aliphatic rings. The fourth-order valence-corrected chi connectivity index (χ4v) is 3.27. The second-order valence-corrected chi connectivity index (χ2v) is 5.00. The Morgan fingerprint density at radius 3 is 2.50 bits per heavy atom. The van der Waals surface area contributed by atoms with Crippen LogP contribution in [0.15, 0.2) is 0 Å². The van der Waals surface area contributed by atoms with Crippen molar-refractivity contribution in [2.45, 2.75) is 57.5 Å². The van der Waals surface area contributed by atoms with Crippen LogP contribution in [0.4, 0.5) is 0 Å². The molecule has 0 radical (unpaired) electrons. The summed E-state index contributed by atoms with van der Waals surface area (Å²) in [5.74, 6) is 0. The summed E-state index contributed by atoms with van der Waals surface area (Å²) >= 11 is 0. The van der Waals surface area contributed by atoms with Gasteiger partial charge >= 0.3 is 0 Å². The van der Waals surface area contributed by atoms with Gasteiger partial charge in [-0.05, 0) is 45.4 Å². The minimum absolute atomic E-state index is 0.934. The first-order valence-electron chi connectivity index (χ1n) is 5.58. The maximum atomic E-state index is 2.49. The SMILES string of the molecule is CC1CCCC2CCCC[N+]12C. The van der Waals surface area contributed by atoms with Gasteiger partial charge in [0.25, 0.3) is 0 Å². The van der Waals surface area contributed by atoms with E-state index in [1.807, 2.05) is 0 Å². The minimum atomic E-state index is 0.934. The third-order valence-corrected chi connectivity index (χ3v) is 4.43. The van der Waals surface area contributed by atoms with Crippen LogP contribution >= 0.6 is 0 Å². The van der Waals surface area contributed by atoms with E-state index in [-0.39, 0.29) is 0 Å². The molecule has 0 N–H and O–H groups in total. The van der Waals surface area contributed by atoms with Crippen molar-refractivity contribution in [1.82, 2.24) is 0 Å². The summed E-state index contributed by atoms with van der Waals surface area (Å²) in [6, 6.07) is 1.95. The lowest BCUT2D eigenvalue weighted by atomic mass is 9.86. The number of hydrogen-bond acceptors (Lipinski definition) is 0. The van der Waals surface area contributed by atoms with Crippen LogP contribution < -0.4 is 0 Å². The highest BCUT2D eigenvalue weighted by Gasteiger charge is 2.41. The molecule has 0 aromatic carbocycles. The fraction of sp³-hybridized carbons (Fsp3) is 1.00. The van der Waals surface area contributed by atoms with Gasteiger partial charge in [-0.1, -0.05) is 0 Å². The molecule has 2 fully saturated rings. The molecule has 2 aliphatic heterocycles. The van der Waals surface area contributed by atoms with Crippen LogP contribution in [0, 0.1) is 0 Å². The second kappa shape index (κ2) is 3.02. The normalized spacial score (nSPS) is 48.5. The van der Waals surface area contributed by atoms with Crippen molar-refractivity contribution in [1.29, 1.82) is 0 Å². The van der Waals surface area contributed by atoms with E-state index in [1.54, 1.807) is 0 Å². The molecule has 3 atom stereocenters. The second-order valence-electron chi connectivity index (χ2n) is 5.00. The third kappa shape index (κ3) is 1.19. The van der Waals surface area contributed by atoms with Gasteiger partial charge in [-0.15, -0.1) is 0 Å². The lowest BCUT2D eigenvalue weighted by Crippen LogP contribution is -2.61. The average Bonchev–Trinajstić information content (AvgIpc) is 2.07. The van der Waals surface area contributed by atoms with Crippen LogP contribution in [0.3, 0.4) is 0 Å². The predicted molar refractivity (Wildman–Crippen MR) is 52.0 cm³/mol. The van der Waals surface area contributed by atoms with Crippen molar-refractivity contribution in [3.63, 3.8) is 0 Å². The monoisotopic (exact) mass is 168 g/mol. The fourth-order valence-electron chi connectivity index (χ4n) is 3.27. The Morgan fingerprint density at radius 2 is 1.75 bits per heavy atom. The van der Waals surface area contributed by atoms with Gasteiger partial charge in [-0.25, -0.2) is 0 Å². The maximum absolute atomic E-state index is 2.49. The van der Waals surface area contributed by atoms with E-state index < -0.39 is 0 Å². The first kappa shape index (κ1) is 8.55. The molecule has 2 saturated heterocycles. The Balaban J connectivity index is 2.14. The van der Waals surface area contributed by atoms with Gasteiger partial charge in [0.1, 0.15) is 0 Å². The molecule has 0 bridgehead atoms. The van der Waals surface area contributed by atoms with Crippen molar-refractivity contribution in [3.05, 3.63) is 0 Å². The van der Waals surface area contributed by atoms with Crippen molar-refractivity contribution in [2.75, 3.05) is 13.6 Å². The number of quaternary nitrogens is 1. The smallest absolute Gasteiger partial charge is 0.0890 e. The molecule has 3 unspecified atom stereocenters. The highest BCUT2D eigenvalue weighted by atomic mass is 15.4. The lowest BCUT2D eigenvalue weighted by molar-refractivity contribution is -0.964. The van der Waals surface area contributed by atoms with Gasteiger partial charge in [0.15, 0.2) is 0 Å². The van der Waals surface area contributed by atoms with Crippen molar-refractivity contribution >= 4 is 0 Å². The summed E-state index contributed by atoms with van der Waals surface area (Å²) in [5, 5.41) is 0. The predicted octanol–water partition coefficient (Wildman–Crippen LogP) is 2.56. The largest absolute Gasteiger partial charge is 0.321 e. The molecule has 12 heavy (non-hydrogen) atoms. The minimum Gasteiger partial charge on any atom is -0.321 e. The molecule has 0 aromatic rings. The standard InChI is InChI=1S/C11H22N/c1-10-6-5-8-11-7-3-4-9-12(10,11)2/h10-11H,3-9H2,1-2H3/q+1. The van der Waals surface area contributed by atoms with Crippen LogP contribution in [0.2, 0.25) is 0 Å². The zero-order valence-corrected chi connectivity index (χ0v) is 8.55. The van der Waals surface area contributed by atoms with Crippen LogP contribution in [-0.2, 0) is 0 Å². The van der Waals surface area contributed by atoms with Gasteiger partial charge in [0.05, 0.1) is 25.7 Å². The molecule has 1 nitrogen and oxygen atoms in total. The number of rotatable bonds is 0. The van der Waals surface area contributed by atoms with E-state index in [1.165, 1.54) is 49.6 Å². The Hall–Kier alpha value is -0.0400. The first-order valence-corrected chi connectivity index (χ1v) is 5.58. The topological polar surface area (TPSA) is 0 Å². The van der Waals surface area contributed by atoms with E-state index in [0.717, 1.165) is 12.1 Å². The van der Waals surface area contributed by atoms with Gasteiger partial charge in [-0.2, -0.15) is 0 Å². The molecule has 0 spiro atoms. The molecule has 0 aromatic heterocycles. The Bertz CT molecular complexity index is 164. The van der Waals surface area contributed by atoms with Crippen LogP contribution in [0.5, 0.6) is 0 Å². The average molecular weight is 168 g/mol. The molecule has 2 rings (SSSR count).